The smallest absolute Gasteiger partial charge is 0.310 e. The lowest BCUT2D eigenvalue weighted by molar-refractivity contribution is -0.157. The van der Waals surface area contributed by atoms with E-state index in [1.54, 1.807) is 0 Å². The van der Waals surface area contributed by atoms with Gasteiger partial charge in [0.1, 0.15) is 11.9 Å². The lowest BCUT2D eigenvalue weighted by Gasteiger charge is -2.22. The normalized spacial score (nSPS) is 32.5. The summed E-state index contributed by atoms with van der Waals surface area (Å²) in [5.74, 6) is -2.44. The highest BCUT2D eigenvalue weighted by Gasteiger charge is 2.64. The van der Waals surface area contributed by atoms with Crippen molar-refractivity contribution in [1.29, 1.82) is 0 Å². The molecule has 1 amide bonds. The zero-order chi connectivity index (χ0) is 16.8. The molecule has 1 heterocycles. The topological polar surface area (TPSA) is 81.7 Å². The molecule has 3 fully saturated rings. The molecule has 2 bridgehead atoms. The molecule has 1 aromatic rings. The minimum Gasteiger partial charge on any atom is -0.462 e. The van der Waals surface area contributed by atoms with Gasteiger partial charge in [-0.25, -0.2) is 4.39 Å². The average Bonchev–Trinajstić information content (AvgIpc) is 3.16. The van der Waals surface area contributed by atoms with E-state index < -0.39 is 36.1 Å². The van der Waals surface area contributed by atoms with Crippen molar-refractivity contribution in [2.45, 2.75) is 18.9 Å². The van der Waals surface area contributed by atoms with Crippen LogP contribution in [-0.4, -0.2) is 30.6 Å². The molecule has 2 saturated carbocycles. The lowest BCUT2D eigenvalue weighted by Crippen LogP contribution is -2.34. The first kappa shape index (κ1) is 15.1. The summed E-state index contributed by atoms with van der Waals surface area (Å²) >= 11 is 0. The van der Waals surface area contributed by atoms with Gasteiger partial charge in [-0.2, -0.15) is 0 Å². The molecule has 4 rings (SSSR count). The first-order valence-electron chi connectivity index (χ1n) is 7.95. The van der Waals surface area contributed by atoms with Crippen LogP contribution >= 0.6 is 0 Å². The Labute approximate surface area is 137 Å². The molecule has 3 aliphatic rings. The molecule has 126 valence electrons. The van der Waals surface area contributed by atoms with E-state index in [-0.39, 0.29) is 23.9 Å². The summed E-state index contributed by atoms with van der Waals surface area (Å²) in [6.07, 6.45) is 1.47. The van der Waals surface area contributed by atoms with E-state index in [1.807, 2.05) is 0 Å². The van der Waals surface area contributed by atoms with E-state index >= 15 is 0 Å². The van der Waals surface area contributed by atoms with Gasteiger partial charge in [0.05, 0.1) is 11.8 Å². The van der Waals surface area contributed by atoms with Crippen molar-refractivity contribution < 1.29 is 28.2 Å². The van der Waals surface area contributed by atoms with E-state index in [4.69, 9.17) is 9.47 Å². The zero-order valence-electron chi connectivity index (χ0n) is 12.7. The standard InChI is InChI=1S/C17H16FNO5/c18-9-1-3-10(4-2-9)19-13(20)7-23-16(21)14-8-5-11-12(6-8)24-17(22)15(11)14/h1-4,8,11-12,14-15H,5-7H2,(H,19,20)/t8-,11+,12+,14-,15-/m1/s1. The van der Waals surface area contributed by atoms with E-state index in [2.05, 4.69) is 5.32 Å². The van der Waals surface area contributed by atoms with Crippen LogP contribution in [0.2, 0.25) is 0 Å². The first-order chi connectivity index (χ1) is 11.5. The number of halogens is 1. The fraction of sp³-hybridized carbons (Fsp3) is 0.471. The van der Waals surface area contributed by atoms with Crippen LogP contribution < -0.4 is 5.32 Å². The van der Waals surface area contributed by atoms with Gasteiger partial charge in [0, 0.05) is 11.6 Å². The zero-order valence-corrected chi connectivity index (χ0v) is 12.7. The minimum atomic E-state index is -0.515. The summed E-state index contributed by atoms with van der Waals surface area (Å²) in [6.45, 7) is -0.435. The maximum atomic E-state index is 12.8. The highest BCUT2D eigenvalue weighted by molar-refractivity contribution is 5.93. The van der Waals surface area contributed by atoms with Crippen LogP contribution in [-0.2, 0) is 23.9 Å². The molecule has 0 spiro atoms. The second kappa shape index (κ2) is 5.58. The molecule has 2 aliphatic carbocycles. The number of ether oxygens (including phenoxy) is 2. The van der Waals surface area contributed by atoms with Crippen LogP contribution in [0.4, 0.5) is 10.1 Å². The molecule has 1 saturated heterocycles. The van der Waals surface area contributed by atoms with Gasteiger partial charge in [-0.05, 0) is 43.0 Å². The van der Waals surface area contributed by atoms with E-state index in [0.29, 0.717) is 12.1 Å². The Hall–Kier alpha value is -2.44. The molecule has 24 heavy (non-hydrogen) atoms. The van der Waals surface area contributed by atoms with Gasteiger partial charge in [0.2, 0.25) is 0 Å². The number of carbonyl (C=O) groups is 3. The number of carbonyl (C=O) groups excluding carboxylic acids is 3. The van der Waals surface area contributed by atoms with Crippen LogP contribution in [0.25, 0.3) is 0 Å². The maximum absolute atomic E-state index is 12.8. The van der Waals surface area contributed by atoms with Crippen LogP contribution in [0, 0.1) is 29.5 Å². The Bertz CT molecular complexity index is 701. The molecule has 1 aliphatic heterocycles. The molecule has 0 aromatic heterocycles. The van der Waals surface area contributed by atoms with Crippen molar-refractivity contribution in [3.63, 3.8) is 0 Å². The van der Waals surface area contributed by atoms with Crippen molar-refractivity contribution in [2.24, 2.45) is 23.7 Å². The van der Waals surface area contributed by atoms with Crippen molar-refractivity contribution in [1.82, 2.24) is 0 Å². The van der Waals surface area contributed by atoms with Gasteiger partial charge < -0.3 is 14.8 Å². The van der Waals surface area contributed by atoms with Gasteiger partial charge in [-0.15, -0.1) is 0 Å². The Kier molecular flexibility index (Phi) is 3.51. The molecule has 5 atom stereocenters. The predicted molar refractivity (Wildman–Crippen MR) is 79.1 cm³/mol. The van der Waals surface area contributed by atoms with Crippen molar-refractivity contribution >= 4 is 23.5 Å². The third-order valence-electron chi connectivity index (χ3n) is 5.23. The lowest BCUT2D eigenvalue weighted by atomic mass is 9.80. The third-order valence-corrected chi connectivity index (χ3v) is 5.23. The number of amides is 1. The summed E-state index contributed by atoms with van der Waals surface area (Å²) in [6, 6.07) is 5.28. The quantitative estimate of drug-likeness (QED) is 0.845. The van der Waals surface area contributed by atoms with Crippen LogP contribution in [0.3, 0.4) is 0 Å². The Balaban J connectivity index is 1.33. The van der Waals surface area contributed by atoms with Crippen molar-refractivity contribution in [3.8, 4) is 0 Å². The highest BCUT2D eigenvalue weighted by atomic mass is 19.1. The van der Waals surface area contributed by atoms with E-state index in [0.717, 1.165) is 6.42 Å². The maximum Gasteiger partial charge on any atom is 0.310 e. The number of anilines is 1. The van der Waals surface area contributed by atoms with E-state index in [1.165, 1.54) is 24.3 Å². The van der Waals surface area contributed by atoms with Gasteiger partial charge in [0.25, 0.3) is 5.91 Å². The predicted octanol–water partition coefficient (Wildman–Crippen LogP) is 1.50. The molecule has 0 unspecified atom stereocenters. The number of nitrogens with one attached hydrogen (secondary N) is 1. The van der Waals surface area contributed by atoms with Crippen molar-refractivity contribution in [3.05, 3.63) is 30.1 Å². The summed E-state index contributed by atoms with van der Waals surface area (Å²) < 4.78 is 23.2. The SMILES string of the molecule is O=C(COC(=O)[C@@H]1[C@@H]2C[C@@H]3[C@H]1C(=O)O[C@H]3C2)Nc1ccc(F)cc1. The Morgan fingerprint density at radius 1 is 1.25 bits per heavy atom. The Morgan fingerprint density at radius 2 is 2.00 bits per heavy atom. The van der Waals surface area contributed by atoms with Gasteiger partial charge in [0.15, 0.2) is 6.61 Å². The second-order valence-corrected chi connectivity index (χ2v) is 6.59. The molecule has 1 aromatic carbocycles. The van der Waals surface area contributed by atoms with Gasteiger partial charge in [-0.1, -0.05) is 0 Å². The number of hydrogen-bond donors (Lipinski definition) is 1. The monoisotopic (exact) mass is 333 g/mol. The molecule has 1 N–H and O–H groups in total. The van der Waals surface area contributed by atoms with Crippen LogP contribution in [0.15, 0.2) is 24.3 Å². The number of benzene rings is 1. The summed E-state index contributed by atoms with van der Waals surface area (Å²) in [4.78, 5) is 36.0. The molecule has 0 radical (unpaired) electrons. The third kappa shape index (κ3) is 2.44. The fourth-order valence-corrected chi connectivity index (χ4v) is 4.29. The fourth-order valence-electron chi connectivity index (χ4n) is 4.29. The van der Waals surface area contributed by atoms with Crippen molar-refractivity contribution in [2.75, 3.05) is 11.9 Å². The van der Waals surface area contributed by atoms with Crippen LogP contribution in [0.5, 0.6) is 0 Å². The molecule has 6 nitrogen and oxygen atoms in total. The minimum absolute atomic E-state index is 0.0432. The highest BCUT2D eigenvalue weighted by Crippen LogP contribution is 2.57. The van der Waals surface area contributed by atoms with Crippen LogP contribution in [0.1, 0.15) is 12.8 Å². The average molecular weight is 333 g/mol. The van der Waals surface area contributed by atoms with Gasteiger partial charge in [-0.3, -0.25) is 14.4 Å². The van der Waals surface area contributed by atoms with E-state index in [9.17, 15) is 18.8 Å². The summed E-state index contributed by atoms with van der Waals surface area (Å²) in [5.41, 5.74) is 0.416. The summed E-state index contributed by atoms with van der Waals surface area (Å²) in [7, 11) is 0. The number of rotatable bonds is 4. The van der Waals surface area contributed by atoms with Gasteiger partial charge >= 0.3 is 11.9 Å². The number of hydrogen-bond acceptors (Lipinski definition) is 5. The first-order valence-corrected chi connectivity index (χ1v) is 7.95. The molecular weight excluding hydrogens is 317 g/mol. The second-order valence-electron chi connectivity index (χ2n) is 6.59. The Morgan fingerprint density at radius 3 is 2.75 bits per heavy atom. The molecular formula is C17H16FNO5. The largest absolute Gasteiger partial charge is 0.462 e. The molecule has 7 heteroatoms. The summed E-state index contributed by atoms with van der Waals surface area (Å²) in [5, 5.41) is 2.52. The number of fused-ring (bicyclic) bond motifs is 1. The number of esters is 2.